The molecule has 0 saturated carbocycles. The van der Waals surface area contributed by atoms with E-state index < -0.39 is 0 Å². The Morgan fingerprint density at radius 1 is 1.17 bits per heavy atom. The molecule has 0 radical (unpaired) electrons. The Morgan fingerprint density at radius 3 is 2.56 bits per heavy atom. The number of rotatable bonds is 4. The lowest BCUT2D eigenvalue weighted by atomic mass is 10.2. The molecule has 0 bridgehead atoms. The van der Waals surface area contributed by atoms with Crippen molar-refractivity contribution in [2.24, 2.45) is 0 Å². The van der Waals surface area contributed by atoms with E-state index in [-0.39, 0.29) is 5.82 Å². The van der Waals surface area contributed by atoms with Gasteiger partial charge in [0.1, 0.15) is 5.82 Å². The molecule has 0 unspecified atom stereocenters. The number of benzene rings is 2. The first-order valence-electron chi connectivity index (χ1n) is 5.74. The molecule has 2 aromatic rings. The van der Waals surface area contributed by atoms with Gasteiger partial charge in [0.15, 0.2) is 0 Å². The van der Waals surface area contributed by atoms with Crippen LogP contribution in [0.2, 0.25) is 0 Å². The van der Waals surface area contributed by atoms with E-state index in [0.29, 0.717) is 11.4 Å². The summed E-state index contributed by atoms with van der Waals surface area (Å²) >= 11 is 1.78. The second-order valence-corrected chi connectivity index (χ2v) is 5.15. The molecule has 0 fully saturated rings. The van der Waals surface area contributed by atoms with Crippen molar-refractivity contribution < 1.29 is 4.39 Å². The molecular formula is C14H15FN2S. The molecule has 0 aliphatic rings. The van der Waals surface area contributed by atoms with Crippen molar-refractivity contribution in [1.82, 2.24) is 0 Å². The van der Waals surface area contributed by atoms with E-state index in [1.165, 1.54) is 17.0 Å². The van der Waals surface area contributed by atoms with Crippen LogP contribution in [0.1, 0.15) is 6.92 Å². The second-order valence-electron chi connectivity index (χ2n) is 3.81. The predicted molar refractivity (Wildman–Crippen MR) is 76.9 cm³/mol. The van der Waals surface area contributed by atoms with Gasteiger partial charge in [-0.05, 0) is 48.2 Å². The first-order valence-corrected chi connectivity index (χ1v) is 6.72. The number of nitrogens with two attached hydrogens (primary N) is 1. The number of hydrogen-bond acceptors (Lipinski definition) is 3. The van der Waals surface area contributed by atoms with Gasteiger partial charge in [-0.15, -0.1) is 11.8 Å². The van der Waals surface area contributed by atoms with Crippen LogP contribution >= 0.6 is 11.8 Å². The van der Waals surface area contributed by atoms with Crippen molar-refractivity contribution in [2.75, 3.05) is 16.8 Å². The summed E-state index contributed by atoms with van der Waals surface area (Å²) in [4.78, 5) is 1.22. The standard InChI is InChI=1S/C14H15FN2S/c1-2-18-12-6-4-11(5-7-12)17-14-9-10(15)3-8-13(14)16/h3-9,17H,2,16H2,1H3. The van der Waals surface area contributed by atoms with Crippen molar-refractivity contribution in [3.05, 3.63) is 48.3 Å². The summed E-state index contributed by atoms with van der Waals surface area (Å²) in [5, 5.41) is 3.11. The highest BCUT2D eigenvalue weighted by molar-refractivity contribution is 7.99. The monoisotopic (exact) mass is 262 g/mol. The maximum atomic E-state index is 13.1. The van der Waals surface area contributed by atoms with Gasteiger partial charge in [-0.2, -0.15) is 0 Å². The predicted octanol–water partition coefficient (Wildman–Crippen LogP) is 4.26. The lowest BCUT2D eigenvalue weighted by molar-refractivity contribution is 0.628. The van der Waals surface area contributed by atoms with Crippen LogP contribution in [0, 0.1) is 5.82 Å². The number of thioether (sulfide) groups is 1. The van der Waals surface area contributed by atoms with Gasteiger partial charge >= 0.3 is 0 Å². The highest BCUT2D eigenvalue weighted by atomic mass is 32.2. The van der Waals surface area contributed by atoms with Gasteiger partial charge in [0.05, 0.1) is 11.4 Å². The zero-order valence-electron chi connectivity index (χ0n) is 10.1. The minimum atomic E-state index is -0.301. The molecule has 2 aromatic carbocycles. The van der Waals surface area contributed by atoms with Gasteiger partial charge in [0, 0.05) is 10.6 Å². The van der Waals surface area contributed by atoms with E-state index in [0.717, 1.165) is 11.4 Å². The van der Waals surface area contributed by atoms with Crippen LogP contribution < -0.4 is 11.1 Å². The zero-order valence-corrected chi connectivity index (χ0v) is 10.9. The lowest BCUT2D eigenvalue weighted by Gasteiger charge is -2.10. The van der Waals surface area contributed by atoms with Gasteiger partial charge in [-0.25, -0.2) is 4.39 Å². The SMILES string of the molecule is CCSc1ccc(Nc2cc(F)ccc2N)cc1. The molecule has 0 saturated heterocycles. The van der Waals surface area contributed by atoms with Gasteiger partial charge < -0.3 is 11.1 Å². The quantitative estimate of drug-likeness (QED) is 0.638. The minimum absolute atomic E-state index is 0.301. The molecule has 18 heavy (non-hydrogen) atoms. The molecule has 0 aromatic heterocycles. The Labute approximate surface area is 110 Å². The maximum absolute atomic E-state index is 13.1. The van der Waals surface area contributed by atoms with Crippen molar-refractivity contribution in [3.8, 4) is 0 Å². The number of nitrogens with one attached hydrogen (secondary N) is 1. The third kappa shape index (κ3) is 3.17. The maximum Gasteiger partial charge on any atom is 0.125 e. The number of hydrogen-bond donors (Lipinski definition) is 2. The van der Waals surface area contributed by atoms with Crippen LogP contribution in [0.4, 0.5) is 21.5 Å². The van der Waals surface area contributed by atoms with Crippen molar-refractivity contribution >= 4 is 28.8 Å². The molecule has 0 aliphatic heterocycles. The molecule has 0 amide bonds. The van der Waals surface area contributed by atoms with Gasteiger partial charge in [-0.3, -0.25) is 0 Å². The summed E-state index contributed by atoms with van der Waals surface area (Å²) in [7, 11) is 0. The summed E-state index contributed by atoms with van der Waals surface area (Å²) in [5.41, 5.74) is 7.80. The fourth-order valence-corrected chi connectivity index (χ4v) is 2.26. The van der Waals surface area contributed by atoms with Crippen LogP contribution in [-0.2, 0) is 0 Å². The van der Waals surface area contributed by atoms with Crippen LogP contribution in [0.3, 0.4) is 0 Å². The number of nitrogen functional groups attached to an aromatic ring is 1. The Bertz CT molecular complexity index is 526. The average molecular weight is 262 g/mol. The van der Waals surface area contributed by atoms with Crippen molar-refractivity contribution in [1.29, 1.82) is 0 Å². The molecule has 2 rings (SSSR count). The van der Waals surface area contributed by atoms with E-state index >= 15 is 0 Å². The van der Waals surface area contributed by atoms with Crippen LogP contribution in [0.5, 0.6) is 0 Å². The summed E-state index contributed by atoms with van der Waals surface area (Å²) in [5.74, 6) is 0.744. The molecule has 3 N–H and O–H groups in total. The average Bonchev–Trinajstić information content (AvgIpc) is 2.37. The Morgan fingerprint density at radius 2 is 1.89 bits per heavy atom. The number of anilines is 3. The lowest BCUT2D eigenvalue weighted by Crippen LogP contribution is -1.96. The topological polar surface area (TPSA) is 38.0 Å². The highest BCUT2D eigenvalue weighted by Gasteiger charge is 2.01. The molecule has 0 spiro atoms. The molecule has 2 nitrogen and oxygen atoms in total. The minimum Gasteiger partial charge on any atom is -0.397 e. The number of halogens is 1. The van der Waals surface area contributed by atoms with Gasteiger partial charge in [-0.1, -0.05) is 6.92 Å². The Kier molecular flexibility index (Phi) is 4.10. The summed E-state index contributed by atoms with van der Waals surface area (Å²) in [6.07, 6.45) is 0. The van der Waals surface area contributed by atoms with Gasteiger partial charge in [0.2, 0.25) is 0 Å². The molecule has 94 valence electrons. The van der Waals surface area contributed by atoms with E-state index in [1.807, 2.05) is 24.3 Å². The molecule has 4 heteroatoms. The molecule has 0 atom stereocenters. The highest BCUT2D eigenvalue weighted by Crippen LogP contribution is 2.26. The van der Waals surface area contributed by atoms with E-state index in [4.69, 9.17) is 5.73 Å². The fraction of sp³-hybridized carbons (Fsp3) is 0.143. The third-order valence-corrected chi connectivity index (χ3v) is 3.35. The van der Waals surface area contributed by atoms with Crippen LogP contribution in [0.25, 0.3) is 0 Å². The Hall–Kier alpha value is -1.68. The second kappa shape index (κ2) is 5.78. The largest absolute Gasteiger partial charge is 0.397 e. The van der Waals surface area contributed by atoms with Crippen molar-refractivity contribution in [2.45, 2.75) is 11.8 Å². The zero-order chi connectivity index (χ0) is 13.0. The first kappa shape index (κ1) is 12.8. The first-order chi connectivity index (χ1) is 8.69. The molecule has 0 heterocycles. The molecular weight excluding hydrogens is 247 g/mol. The van der Waals surface area contributed by atoms with Gasteiger partial charge in [0.25, 0.3) is 0 Å². The fourth-order valence-electron chi connectivity index (χ4n) is 1.59. The van der Waals surface area contributed by atoms with Crippen LogP contribution in [-0.4, -0.2) is 5.75 Å². The normalized spacial score (nSPS) is 10.3. The Balaban J connectivity index is 2.15. The summed E-state index contributed by atoms with van der Waals surface area (Å²) in [6.45, 7) is 2.12. The summed E-state index contributed by atoms with van der Waals surface area (Å²) in [6, 6.07) is 12.3. The van der Waals surface area contributed by atoms with E-state index in [1.54, 1.807) is 17.8 Å². The third-order valence-electron chi connectivity index (χ3n) is 2.46. The van der Waals surface area contributed by atoms with Crippen molar-refractivity contribution in [3.63, 3.8) is 0 Å². The van der Waals surface area contributed by atoms with Crippen LogP contribution in [0.15, 0.2) is 47.4 Å². The smallest absolute Gasteiger partial charge is 0.125 e. The molecule has 0 aliphatic carbocycles. The summed E-state index contributed by atoms with van der Waals surface area (Å²) < 4.78 is 13.1. The van der Waals surface area contributed by atoms with E-state index in [9.17, 15) is 4.39 Å². The van der Waals surface area contributed by atoms with E-state index in [2.05, 4.69) is 12.2 Å².